The molecular formula is C13H12FN3O3S. The molecule has 0 radical (unpaired) electrons. The lowest BCUT2D eigenvalue weighted by atomic mass is 10.2. The smallest absolute Gasteiger partial charge is 0.255 e. The number of hydrogen-bond donors (Lipinski definition) is 2. The minimum atomic E-state index is -3.40. The number of benzene rings is 1. The molecule has 8 heteroatoms. The molecule has 110 valence electrons. The van der Waals surface area contributed by atoms with Crippen LogP contribution in [0.2, 0.25) is 0 Å². The molecule has 2 N–H and O–H groups in total. The standard InChI is InChI=1S/C13H12FN3O3S/c1-21(19,20)17-11-4-2-3-10(8-11)16-13(18)9-5-6-15-12(14)7-9/h2-8,17H,1H3,(H,16,18). The fraction of sp³-hybridized carbons (Fsp3) is 0.0769. The van der Waals surface area contributed by atoms with Crippen LogP contribution < -0.4 is 10.0 Å². The SMILES string of the molecule is CS(=O)(=O)Nc1cccc(NC(=O)c2ccnc(F)c2)c1. The van der Waals surface area contributed by atoms with Crippen molar-refractivity contribution in [3.63, 3.8) is 0 Å². The molecule has 0 saturated carbocycles. The van der Waals surface area contributed by atoms with Gasteiger partial charge in [-0.2, -0.15) is 4.39 Å². The van der Waals surface area contributed by atoms with Gasteiger partial charge in [-0.15, -0.1) is 0 Å². The Morgan fingerprint density at radius 3 is 2.57 bits per heavy atom. The van der Waals surface area contributed by atoms with Crippen molar-refractivity contribution in [2.45, 2.75) is 0 Å². The third kappa shape index (κ3) is 4.53. The average molecular weight is 309 g/mol. The minimum absolute atomic E-state index is 0.115. The molecule has 2 aromatic rings. The molecule has 2 rings (SSSR count). The summed E-state index contributed by atoms with van der Waals surface area (Å²) < 4.78 is 37.5. The number of carbonyl (C=O) groups excluding carboxylic acids is 1. The van der Waals surface area contributed by atoms with Gasteiger partial charge in [-0.1, -0.05) is 6.07 Å². The molecular weight excluding hydrogens is 297 g/mol. The number of aromatic nitrogens is 1. The van der Waals surface area contributed by atoms with Crippen LogP contribution in [0.5, 0.6) is 0 Å². The Hall–Kier alpha value is -2.48. The molecule has 0 aliphatic rings. The van der Waals surface area contributed by atoms with Crippen molar-refractivity contribution >= 4 is 27.3 Å². The first-order valence-corrected chi connectivity index (χ1v) is 7.73. The summed E-state index contributed by atoms with van der Waals surface area (Å²) in [6.45, 7) is 0. The van der Waals surface area contributed by atoms with Gasteiger partial charge in [0.25, 0.3) is 5.91 Å². The van der Waals surface area contributed by atoms with Gasteiger partial charge in [0.15, 0.2) is 0 Å². The summed E-state index contributed by atoms with van der Waals surface area (Å²) in [7, 11) is -3.40. The van der Waals surface area contributed by atoms with Crippen LogP contribution in [-0.4, -0.2) is 25.6 Å². The molecule has 21 heavy (non-hydrogen) atoms. The molecule has 1 aromatic heterocycles. The number of halogens is 1. The average Bonchev–Trinajstić information content (AvgIpc) is 2.37. The van der Waals surface area contributed by atoms with Gasteiger partial charge < -0.3 is 5.32 Å². The highest BCUT2D eigenvalue weighted by atomic mass is 32.2. The van der Waals surface area contributed by atoms with Crippen LogP contribution in [0.4, 0.5) is 15.8 Å². The van der Waals surface area contributed by atoms with Gasteiger partial charge in [-0.05, 0) is 24.3 Å². The molecule has 0 aliphatic carbocycles. The monoisotopic (exact) mass is 309 g/mol. The maximum absolute atomic E-state index is 12.9. The zero-order valence-corrected chi connectivity index (χ0v) is 11.8. The third-order valence-electron chi connectivity index (χ3n) is 2.41. The van der Waals surface area contributed by atoms with Gasteiger partial charge in [0.2, 0.25) is 16.0 Å². The van der Waals surface area contributed by atoms with Crippen molar-refractivity contribution in [2.75, 3.05) is 16.3 Å². The predicted molar refractivity (Wildman–Crippen MR) is 77.1 cm³/mol. The molecule has 1 aromatic carbocycles. The molecule has 6 nitrogen and oxygen atoms in total. The molecule has 0 bridgehead atoms. The van der Waals surface area contributed by atoms with Crippen LogP contribution in [0.1, 0.15) is 10.4 Å². The first-order chi connectivity index (χ1) is 9.83. The van der Waals surface area contributed by atoms with E-state index in [1.807, 2.05) is 0 Å². The van der Waals surface area contributed by atoms with Crippen molar-refractivity contribution in [2.24, 2.45) is 0 Å². The molecule has 1 heterocycles. The van der Waals surface area contributed by atoms with E-state index >= 15 is 0 Å². The Morgan fingerprint density at radius 2 is 1.90 bits per heavy atom. The van der Waals surface area contributed by atoms with Crippen LogP contribution in [0.3, 0.4) is 0 Å². The van der Waals surface area contributed by atoms with Gasteiger partial charge in [-0.3, -0.25) is 9.52 Å². The second-order valence-electron chi connectivity index (χ2n) is 4.28. The number of rotatable bonds is 4. The van der Waals surface area contributed by atoms with Crippen molar-refractivity contribution in [3.05, 3.63) is 54.1 Å². The summed E-state index contributed by atoms with van der Waals surface area (Å²) in [4.78, 5) is 15.3. The van der Waals surface area contributed by atoms with Crippen molar-refractivity contribution in [3.8, 4) is 0 Å². The van der Waals surface area contributed by atoms with E-state index in [2.05, 4.69) is 15.0 Å². The van der Waals surface area contributed by atoms with Crippen molar-refractivity contribution in [1.82, 2.24) is 4.98 Å². The quantitative estimate of drug-likeness (QED) is 0.844. The highest BCUT2D eigenvalue weighted by Crippen LogP contribution is 2.17. The van der Waals surface area contributed by atoms with Crippen LogP contribution in [0, 0.1) is 5.95 Å². The molecule has 1 amide bonds. The van der Waals surface area contributed by atoms with Crippen molar-refractivity contribution < 1.29 is 17.6 Å². The number of nitrogens with zero attached hydrogens (tertiary/aromatic N) is 1. The maximum atomic E-state index is 12.9. The Balaban J connectivity index is 2.16. The number of sulfonamides is 1. The Kier molecular flexibility index (Phi) is 4.18. The number of carbonyl (C=O) groups is 1. The normalized spacial score (nSPS) is 11.0. The third-order valence-corrected chi connectivity index (χ3v) is 3.02. The highest BCUT2D eigenvalue weighted by molar-refractivity contribution is 7.92. The van der Waals surface area contributed by atoms with Gasteiger partial charge in [0.05, 0.1) is 11.9 Å². The Labute approximate surface area is 121 Å². The summed E-state index contributed by atoms with van der Waals surface area (Å²) in [5.41, 5.74) is 0.811. The summed E-state index contributed by atoms with van der Waals surface area (Å²) >= 11 is 0. The Morgan fingerprint density at radius 1 is 1.19 bits per heavy atom. The number of anilines is 2. The molecule has 0 fully saturated rings. The molecule has 0 atom stereocenters. The maximum Gasteiger partial charge on any atom is 0.255 e. The van der Waals surface area contributed by atoms with Gasteiger partial charge >= 0.3 is 0 Å². The van der Waals surface area contributed by atoms with Crippen LogP contribution in [-0.2, 0) is 10.0 Å². The first kappa shape index (κ1) is 14.9. The lowest BCUT2D eigenvalue weighted by Crippen LogP contribution is -2.13. The second kappa shape index (κ2) is 5.88. The van der Waals surface area contributed by atoms with E-state index in [1.165, 1.54) is 18.3 Å². The van der Waals surface area contributed by atoms with E-state index in [1.54, 1.807) is 18.2 Å². The fourth-order valence-corrected chi connectivity index (χ4v) is 2.18. The zero-order valence-electron chi connectivity index (χ0n) is 11.0. The zero-order chi connectivity index (χ0) is 15.5. The highest BCUT2D eigenvalue weighted by Gasteiger charge is 2.08. The lowest BCUT2D eigenvalue weighted by molar-refractivity contribution is 0.102. The number of hydrogen-bond acceptors (Lipinski definition) is 4. The van der Waals surface area contributed by atoms with Gasteiger partial charge in [0, 0.05) is 23.5 Å². The Bertz CT molecular complexity index is 778. The number of nitrogens with one attached hydrogen (secondary N) is 2. The summed E-state index contributed by atoms with van der Waals surface area (Å²) in [6, 6.07) is 8.55. The van der Waals surface area contributed by atoms with Crippen LogP contribution in [0.15, 0.2) is 42.6 Å². The van der Waals surface area contributed by atoms with Crippen molar-refractivity contribution in [1.29, 1.82) is 0 Å². The van der Waals surface area contributed by atoms with E-state index in [4.69, 9.17) is 0 Å². The molecule has 0 spiro atoms. The van der Waals surface area contributed by atoms with Crippen LogP contribution >= 0.6 is 0 Å². The summed E-state index contributed by atoms with van der Waals surface area (Å²) in [5.74, 6) is -1.28. The minimum Gasteiger partial charge on any atom is -0.322 e. The lowest BCUT2D eigenvalue weighted by Gasteiger charge is -2.08. The van der Waals surface area contributed by atoms with E-state index in [0.717, 1.165) is 12.3 Å². The number of pyridine rings is 1. The molecule has 0 aliphatic heterocycles. The largest absolute Gasteiger partial charge is 0.322 e. The number of amides is 1. The predicted octanol–water partition coefficient (Wildman–Crippen LogP) is 1.84. The van der Waals surface area contributed by atoms with E-state index in [-0.39, 0.29) is 5.56 Å². The first-order valence-electron chi connectivity index (χ1n) is 5.84. The van der Waals surface area contributed by atoms with E-state index in [9.17, 15) is 17.6 Å². The van der Waals surface area contributed by atoms with E-state index in [0.29, 0.717) is 11.4 Å². The summed E-state index contributed by atoms with van der Waals surface area (Å²) in [5, 5.41) is 2.54. The topological polar surface area (TPSA) is 88.2 Å². The van der Waals surface area contributed by atoms with Gasteiger partial charge in [0.1, 0.15) is 0 Å². The van der Waals surface area contributed by atoms with E-state index < -0.39 is 21.9 Å². The fourth-order valence-electron chi connectivity index (χ4n) is 1.62. The second-order valence-corrected chi connectivity index (χ2v) is 6.02. The molecule has 0 unspecified atom stereocenters. The van der Waals surface area contributed by atoms with Crippen LogP contribution in [0.25, 0.3) is 0 Å². The molecule has 0 saturated heterocycles. The van der Waals surface area contributed by atoms with Gasteiger partial charge in [-0.25, -0.2) is 13.4 Å². The summed E-state index contributed by atoms with van der Waals surface area (Å²) in [6.07, 6.45) is 2.21.